The number of anilines is 2. The highest BCUT2D eigenvalue weighted by Crippen LogP contribution is 2.25. The molecule has 1 aliphatic heterocycles. The van der Waals surface area contributed by atoms with E-state index in [2.05, 4.69) is 20.6 Å². The molecule has 0 amide bonds. The molecular formula is C18H16N4. The van der Waals surface area contributed by atoms with E-state index < -0.39 is 0 Å². The lowest BCUT2D eigenvalue weighted by Gasteiger charge is -2.05. The number of hydrogen-bond acceptors (Lipinski definition) is 4. The summed E-state index contributed by atoms with van der Waals surface area (Å²) < 4.78 is 0. The highest BCUT2D eigenvalue weighted by Gasteiger charge is 1.97. The van der Waals surface area contributed by atoms with E-state index in [0.717, 1.165) is 22.7 Å². The smallest absolute Gasteiger partial charge is 0.0864 e. The predicted molar refractivity (Wildman–Crippen MR) is 94.7 cm³/mol. The predicted octanol–water partition coefficient (Wildman–Crippen LogP) is 4.66. The van der Waals surface area contributed by atoms with E-state index in [0.29, 0.717) is 0 Å². The number of para-hydroxylation sites is 4. The van der Waals surface area contributed by atoms with E-state index in [4.69, 9.17) is 0 Å². The summed E-state index contributed by atoms with van der Waals surface area (Å²) in [5.41, 5.74) is 3.65. The molecule has 0 aromatic heterocycles. The SMILES string of the molecule is C1=Nc2ccccc2N/C=C/C=Nc2ccccc2N/C=C/1. The maximum Gasteiger partial charge on any atom is 0.0864 e. The molecule has 0 saturated carbocycles. The van der Waals surface area contributed by atoms with Crippen molar-refractivity contribution in [1.82, 2.24) is 0 Å². The molecule has 0 atom stereocenters. The summed E-state index contributed by atoms with van der Waals surface area (Å²) in [7, 11) is 0. The third-order valence-electron chi connectivity index (χ3n) is 3.08. The van der Waals surface area contributed by atoms with E-state index in [-0.39, 0.29) is 0 Å². The van der Waals surface area contributed by atoms with E-state index >= 15 is 0 Å². The molecule has 0 unspecified atom stereocenters. The van der Waals surface area contributed by atoms with Crippen LogP contribution in [-0.2, 0) is 0 Å². The first-order chi connectivity index (χ1) is 10.9. The molecule has 22 heavy (non-hydrogen) atoms. The van der Waals surface area contributed by atoms with Gasteiger partial charge in [0.25, 0.3) is 0 Å². The first-order valence-corrected chi connectivity index (χ1v) is 7.03. The molecule has 108 valence electrons. The number of fused-ring (bicyclic) bond motifs is 2. The average Bonchev–Trinajstić information content (AvgIpc) is 2.56. The molecule has 2 aromatic carbocycles. The summed E-state index contributed by atoms with van der Waals surface area (Å²) in [6.07, 6.45) is 10.9. The molecule has 3 rings (SSSR count). The summed E-state index contributed by atoms with van der Waals surface area (Å²) in [4.78, 5) is 8.90. The molecular weight excluding hydrogens is 272 g/mol. The number of hydrogen-bond donors (Lipinski definition) is 2. The molecule has 1 aliphatic rings. The number of rotatable bonds is 0. The Morgan fingerprint density at radius 3 is 1.55 bits per heavy atom. The fraction of sp³-hybridized carbons (Fsp3) is 0. The van der Waals surface area contributed by atoms with Crippen LogP contribution in [-0.4, -0.2) is 12.4 Å². The van der Waals surface area contributed by atoms with E-state index in [1.165, 1.54) is 0 Å². The van der Waals surface area contributed by atoms with Crippen LogP contribution in [0.5, 0.6) is 0 Å². The van der Waals surface area contributed by atoms with Crippen LogP contribution < -0.4 is 10.6 Å². The minimum absolute atomic E-state index is 0.881. The number of benzene rings is 2. The molecule has 2 N–H and O–H groups in total. The monoisotopic (exact) mass is 288 g/mol. The van der Waals surface area contributed by atoms with Crippen molar-refractivity contribution in [2.75, 3.05) is 10.6 Å². The second kappa shape index (κ2) is 7.04. The molecule has 4 nitrogen and oxygen atoms in total. The summed E-state index contributed by atoms with van der Waals surface area (Å²) >= 11 is 0. The van der Waals surface area contributed by atoms with Gasteiger partial charge in [-0.2, -0.15) is 0 Å². The third kappa shape index (κ3) is 3.49. The van der Waals surface area contributed by atoms with Crippen molar-refractivity contribution in [2.45, 2.75) is 0 Å². The van der Waals surface area contributed by atoms with Crippen molar-refractivity contribution in [2.24, 2.45) is 9.98 Å². The molecule has 0 fully saturated rings. The second-order valence-corrected chi connectivity index (χ2v) is 4.60. The fourth-order valence-electron chi connectivity index (χ4n) is 2.03. The van der Waals surface area contributed by atoms with Crippen molar-refractivity contribution in [3.05, 3.63) is 73.1 Å². The highest BCUT2D eigenvalue weighted by atomic mass is 14.9. The zero-order valence-corrected chi connectivity index (χ0v) is 12.0. The van der Waals surface area contributed by atoms with Crippen LogP contribution in [0.4, 0.5) is 22.7 Å². The number of nitrogens with zero attached hydrogens (tertiary/aromatic N) is 2. The van der Waals surface area contributed by atoms with Crippen molar-refractivity contribution in [3.8, 4) is 0 Å². The van der Waals surface area contributed by atoms with Gasteiger partial charge in [-0.15, -0.1) is 0 Å². The van der Waals surface area contributed by atoms with Crippen LogP contribution in [0, 0.1) is 0 Å². The summed E-state index contributed by atoms with van der Waals surface area (Å²) in [5, 5.41) is 6.43. The lowest BCUT2D eigenvalue weighted by atomic mass is 10.2. The van der Waals surface area contributed by atoms with Gasteiger partial charge < -0.3 is 10.6 Å². The Morgan fingerprint density at radius 1 is 0.591 bits per heavy atom. The van der Waals surface area contributed by atoms with Crippen LogP contribution in [0.2, 0.25) is 0 Å². The first kappa shape index (κ1) is 13.8. The van der Waals surface area contributed by atoms with Crippen molar-refractivity contribution >= 4 is 35.2 Å². The van der Waals surface area contributed by atoms with Crippen molar-refractivity contribution in [1.29, 1.82) is 0 Å². The van der Waals surface area contributed by atoms with Gasteiger partial charge in [0.05, 0.1) is 22.7 Å². The minimum atomic E-state index is 0.881. The lowest BCUT2D eigenvalue weighted by Crippen LogP contribution is -1.90. The zero-order chi connectivity index (χ0) is 15.0. The lowest BCUT2D eigenvalue weighted by molar-refractivity contribution is 1.48. The Labute approximate surface area is 129 Å². The van der Waals surface area contributed by atoms with Gasteiger partial charge in [-0.05, 0) is 36.4 Å². The molecule has 1 heterocycles. The molecule has 0 radical (unpaired) electrons. The van der Waals surface area contributed by atoms with Gasteiger partial charge >= 0.3 is 0 Å². The van der Waals surface area contributed by atoms with Gasteiger partial charge in [0.15, 0.2) is 0 Å². The maximum absolute atomic E-state index is 4.45. The minimum Gasteiger partial charge on any atom is -0.360 e. The standard InChI is InChI=1S/C18H16N4/c1-2-8-16-15(7-1)19-11-5-13-21-17-9-3-4-10-18(17)22-14-6-12-20-16/h1-14,19,22H/b11-5+,14-6+,20-12?,21-13?. The van der Waals surface area contributed by atoms with Crippen LogP contribution in [0.3, 0.4) is 0 Å². The highest BCUT2D eigenvalue weighted by molar-refractivity contribution is 5.82. The summed E-state index contributed by atoms with van der Waals surface area (Å²) in [6.45, 7) is 0. The molecule has 0 bridgehead atoms. The number of nitrogens with one attached hydrogen (secondary N) is 2. The van der Waals surface area contributed by atoms with E-state index in [9.17, 15) is 0 Å². The van der Waals surface area contributed by atoms with Crippen LogP contribution >= 0.6 is 0 Å². The molecule has 0 aliphatic carbocycles. The Hall–Kier alpha value is -3.14. The number of allylic oxidation sites excluding steroid dienone is 2. The molecule has 4 heteroatoms. The van der Waals surface area contributed by atoms with Crippen molar-refractivity contribution in [3.63, 3.8) is 0 Å². The second-order valence-electron chi connectivity index (χ2n) is 4.60. The zero-order valence-electron chi connectivity index (χ0n) is 12.0. The quantitative estimate of drug-likeness (QED) is 0.741. The van der Waals surface area contributed by atoms with Crippen LogP contribution in [0.25, 0.3) is 0 Å². The van der Waals surface area contributed by atoms with Gasteiger partial charge in [-0.25, -0.2) is 0 Å². The van der Waals surface area contributed by atoms with Gasteiger partial charge in [-0.1, -0.05) is 24.3 Å². The summed E-state index contributed by atoms with van der Waals surface area (Å²) in [5.74, 6) is 0. The van der Waals surface area contributed by atoms with Gasteiger partial charge in [-0.3, -0.25) is 9.98 Å². The largest absolute Gasteiger partial charge is 0.360 e. The van der Waals surface area contributed by atoms with Gasteiger partial charge in [0, 0.05) is 24.8 Å². The molecule has 2 aromatic rings. The van der Waals surface area contributed by atoms with E-state index in [1.54, 1.807) is 12.4 Å². The Bertz CT molecular complexity index is 692. The Kier molecular flexibility index (Phi) is 4.42. The topological polar surface area (TPSA) is 48.8 Å². The van der Waals surface area contributed by atoms with Crippen LogP contribution in [0.15, 0.2) is 83.1 Å². The summed E-state index contributed by atoms with van der Waals surface area (Å²) in [6, 6.07) is 15.8. The van der Waals surface area contributed by atoms with Gasteiger partial charge in [0.1, 0.15) is 0 Å². The first-order valence-electron chi connectivity index (χ1n) is 7.03. The Morgan fingerprint density at radius 2 is 1.05 bits per heavy atom. The molecule has 0 saturated heterocycles. The van der Waals surface area contributed by atoms with Crippen molar-refractivity contribution < 1.29 is 0 Å². The maximum atomic E-state index is 4.45. The fourth-order valence-corrected chi connectivity index (χ4v) is 2.03. The normalized spacial score (nSPS) is 16.4. The third-order valence-corrected chi connectivity index (χ3v) is 3.08. The number of aliphatic imine (C=N–C) groups is 2. The van der Waals surface area contributed by atoms with Crippen LogP contribution in [0.1, 0.15) is 0 Å². The van der Waals surface area contributed by atoms with Gasteiger partial charge in [0.2, 0.25) is 0 Å². The Balaban J connectivity index is 1.92. The molecule has 0 spiro atoms. The average molecular weight is 288 g/mol. The van der Waals surface area contributed by atoms with E-state index in [1.807, 2.05) is 73.1 Å².